The van der Waals surface area contributed by atoms with E-state index in [0.717, 1.165) is 0 Å². The topological polar surface area (TPSA) is 125 Å². The number of para-hydroxylation sites is 1. The zero-order valence-corrected chi connectivity index (χ0v) is 23.4. The molecule has 0 radical (unpaired) electrons. The van der Waals surface area contributed by atoms with Crippen LogP contribution in [0.2, 0.25) is 0 Å². The summed E-state index contributed by atoms with van der Waals surface area (Å²) in [7, 11) is -2.30. The number of hydrogen-bond acceptors (Lipinski definition) is 7. The van der Waals surface area contributed by atoms with Gasteiger partial charge in [0, 0.05) is 38.6 Å². The van der Waals surface area contributed by atoms with Crippen LogP contribution in [0.4, 0.5) is 5.69 Å². The van der Waals surface area contributed by atoms with Crippen molar-refractivity contribution in [2.24, 2.45) is 11.8 Å². The maximum Gasteiger partial charge on any atom is 0.258 e. The molecule has 2 aromatic carbocycles. The summed E-state index contributed by atoms with van der Waals surface area (Å²) in [5.41, 5.74) is 0.590. The molecule has 2 heterocycles. The van der Waals surface area contributed by atoms with Crippen LogP contribution in [0.3, 0.4) is 0 Å². The number of benzene rings is 2. The summed E-state index contributed by atoms with van der Waals surface area (Å²) in [5.74, 6) is -0.839. The Morgan fingerprint density at radius 2 is 1.85 bits per heavy atom. The lowest BCUT2D eigenvalue weighted by Crippen LogP contribution is -2.50. The molecule has 0 aromatic heterocycles. The first-order valence-electron chi connectivity index (χ1n) is 13.2. The van der Waals surface area contributed by atoms with Crippen LogP contribution < -0.4 is 10.1 Å². The number of carbonyl (C=O) groups excluding carboxylic acids is 2. The number of amides is 2. The minimum atomic E-state index is -3.80. The van der Waals surface area contributed by atoms with Crippen molar-refractivity contribution in [3.8, 4) is 5.75 Å². The predicted molar refractivity (Wildman–Crippen MR) is 146 cm³/mol. The van der Waals surface area contributed by atoms with Crippen LogP contribution in [0.5, 0.6) is 5.75 Å². The summed E-state index contributed by atoms with van der Waals surface area (Å²) in [5, 5.41) is 12.8. The summed E-state index contributed by atoms with van der Waals surface area (Å²) in [6, 6.07) is 12.7. The van der Waals surface area contributed by atoms with Crippen molar-refractivity contribution in [3.63, 3.8) is 0 Å². The molecule has 10 nitrogen and oxygen atoms in total. The van der Waals surface area contributed by atoms with Crippen molar-refractivity contribution in [1.29, 1.82) is 0 Å². The summed E-state index contributed by atoms with van der Waals surface area (Å²) in [6.07, 6.45) is 0.545. The molecule has 2 amide bonds. The Hall–Kier alpha value is -2.99. The van der Waals surface area contributed by atoms with Crippen molar-refractivity contribution in [1.82, 2.24) is 9.21 Å². The number of anilines is 1. The Kier molecular flexibility index (Phi) is 9.27. The van der Waals surface area contributed by atoms with E-state index in [-0.39, 0.29) is 59.6 Å². The molecular weight excluding hydrogens is 522 g/mol. The third-order valence-corrected chi connectivity index (χ3v) is 9.27. The van der Waals surface area contributed by atoms with Crippen LogP contribution in [-0.4, -0.2) is 86.6 Å². The Morgan fingerprint density at radius 1 is 1.15 bits per heavy atom. The van der Waals surface area contributed by atoms with Crippen molar-refractivity contribution in [3.05, 3.63) is 54.1 Å². The van der Waals surface area contributed by atoms with Crippen LogP contribution in [0.15, 0.2) is 53.4 Å². The Balaban J connectivity index is 1.69. The van der Waals surface area contributed by atoms with E-state index in [1.165, 1.54) is 23.5 Å². The van der Waals surface area contributed by atoms with Gasteiger partial charge in [-0.3, -0.25) is 9.59 Å². The van der Waals surface area contributed by atoms with Gasteiger partial charge >= 0.3 is 0 Å². The number of likely N-dealkylation sites (N-methyl/N-ethyl adjacent to an activating group) is 1. The Morgan fingerprint density at radius 3 is 2.51 bits per heavy atom. The quantitative estimate of drug-likeness (QED) is 0.509. The second kappa shape index (κ2) is 12.5. The summed E-state index contributed by atoms with van der Waals surface area (Å²) in [4.78, 5) is 28.5. The molecule has 1 saturated heterocycles. The molecule has 2 N–H and O–H groups in total. The van der Waals surface area contributed by atoms with Gasteiger partial charge in [-0.05, 0) is 44.0 Å². The monoisotopic (exact) mass is 559 g/mol. The molecule has 2 aliphatic rings. The lowest BCUT2D eigenvalue weighted by Gasteiger charge is -2.38. The van der Waals surface area contributed by atoms with Crippen molar-refractivity contribution in [2.75, 3.05) is 45.3 Å². The first kappa shape index (κ1) is 29.0. The molecule has 212 valence electrons. The van der Waals surface area contributed by atoms with Crippen LogP contribution in [0, 0.1) is 11.8 Å². The average Bonchev–Trinajstić information content (AvgIpc) is 2.95. The number of rotatable bonds is 8. The fourth-order valence-electron chi connectivity index (χ4n) is 4.88. The van der Waals surface area contributed by atoms with Gasteiger partial charge in [-0.2, -0.15) is 4.31 Å². The SMILES string of the molecule is C[C@H](CO)N1C[C@H](C)[C@@H](CN(C)S(=O)(=O)c2ccccc2)Oc2c(NC(=O)C3CCOCC3)cccc2C1=O. The van der Waals surface area contributed by atoms with Crippen LogP contribution in [0.1, 0.15) is 37.0 Å². The van der Waals surface area contributed by atoms with Gasteiger partial charge in [0.1, 0.15) is 6.10 Å². The Labute approximate surface area is 229 Å². The summed E-state index contributed by atoms with van der Waals surface area (Å²) < 4.78 is 39.6. The number of ether oxygens (including phenoxy) is 2. The highest BCUT2D eigenvalue weighted by atomic mass is 32.2. The fraction of sp³-hybridized carbons (Fsp3) is 0.500. The molecule has 2 aromatic rings. The lowest BCUT2D eigenvalue weighted by atomic mass is 9.98. The van der Waals surface area contributed by atoms with E-state index < -0.39 is 22.2 Å². The molecule has 4 rings (SSSR count). The molecule has 39 heavy (non-hydrogen) atoms. The second-order valence-electron chi connectivity index (χ2n) is 10.3. The van der Waals surface area contributed by atoms with Crippen LogP contribution in [0.25, 0.3) is 0 Å². The molecule has 0 aliphatic carbocycles. The highest BCUT2D eigenvalue weighted by molar-refractivity contribution is 7.89. The predicted octanol–water partition coefficient (Wildman–Crippen LogP) is 2.59. The number of aliphatic hydroxyl groups excluding tert-OH is 1. The maximum absolute atomic E-state index is 13.6. The molecule has 0 bridgehead atoms. The first-order valence-corrected chi connectivity index (χ1v) is 14.7. The van der Waals surface area contributed by atoms with Gasteiger partial charge in [-0.25, -0.2) is 8.42 Å². The van der Waals surface area contributed by atoms with Crippen LogP contribution >= 0.6 is 0 Å². The fourth-order valence-corrected chi connectivity index (χ4v) is 6.08. The van der Waals surface area contributed by atoms with E-state index in [0.29, 0.717) is 31.7 Å². The zero-order valence-electron chi connectivity index (χ0n) is 22.6. The van der Waals surface area contributed by atoms with Gasteiger partial charge in [-0.1, -0.05) is 31.2 Å². The number of fused-ring (bicyclic) bond motifs is 1. The molecule has 0 spiro atoms. The smallest absolute Gasteiger partial charge is 0.258 e. The van der Waals surface area contributed by atoms with E-state index in [1.54, 1.807) is 48.2 Å². The van der Waals surface area contributed by atoms with E-state index in [4.69, 9.17) is 9.47 Å². The Bertz CT molecular complexity index is 1270. The average molecular weight is 560 g/mol. The number of sulfonamides is 1. The van der Waals surface area contributed by atoms with Gasteiger partial charge in [0.2, 0.25) is 15.9 Å². The maximum atomic E-state index is 13.6. The third kappa shape index (κ3) is 6.43. The highest BCUT2D eigenvalue weighted by Gasteiger charge is 2.36. The van der Waals surface area contributed by atoms with Crippen molar-refractivity contribution in [2.45, 2.75) is 43.7 Å². The number of nitrogens with one attached hydrogen (secondary N) is 1. The van der Waals surface area contributed by atoms with Gasteiger partial charge in [-0.15, -0.1) is 0 Å². The molecular formula is C28H37N3O7S. The molecule has 3 atom stereocenters. The van der Waals surface area contributed by atoms with E-state index >= 15 is 0 Å². The number of hydrogen-bond donors (Lipinski definition) is 2. The standard InChI is InChI=1S/C28H37N3O7S/c1-19-16-31(20(2)18-32)28(34)23-10-7-11-24(29-27(33)21-12-14-37-15-13-21)26(23)38-25(19)17-30(3)39(35,36)22-8-5-4-6-9-22/h4-11,19-21,25,32H,12-18H2,1-3H3,(H,29,33)/t19-,20+,25+/m0/s1. The second-order valence-corrected chi connectivity index (χ2v) is 12.3. The number of carbonyl (C=O) groups is 2. The number of nitrogens with zero attached hydrogens (tertiary/aromatic N) is 2. The van der Waals surface area contributed by atoms with E-state index in [2.05, 4.69) is 5.32 Å². The van der Waals surface area contributed by atoms with Crippen molar-refractivity contribution >= 4 is 27.5 Å². The molecule has 0 saturated carbocycles. The first-order chi connectivity index (χ1) is 18.6. The minimum Gasteiger partial charge on any atom is -0.486 e. The normalized spacial score (nSPS) is 21.5. The van der Waals surface area contributed by atoms with E-state index in [9.17, 15) is 23.1 Å². The van der Waals surface area contributed by atoms with Gasteiger partial charge < -0.3 is 24.8 Å². The third-order valence-electron chi connectivity index (χ3n) is 7.43. The summed E-state index contributed by atoms with van der Waals surface area (Å²) >= 11 is 0. The van der Waals surface area contributed by atoms with E-state index in [1.807, 2.05) is 6.92 Å². The van der Waals surface area contributed by atoms with Crippen molar-refractivity contribution < 1.29 is 32.6 Å². The zero-order chi connectivity index (χ0) is 28.2. The molecule has 11 heteroatoms. The molecule has 0 unspecified atom stereocenters. The highest BCUT2D eigenvalue weighted by Crippen LogP contribution is 2.36. The van der Waals surface area contributed by atoms with Gasteiger partial charge in [0.25, 0.3) is 5.91 Å². The van der Waals surface area contributed by atoms with Gasteiger partial charge in [0.15, 0.2) is 5.75 Å². The summed E-state index contributed by atoms with van der Waals surface area (Å²) in [6.45, 7) is 4.68. The minimum absolute atomic E-state index is 0.00954. The van der Waals surface area contributed by atoms with Crippen LogP contribution in [-0.2, 0) is 19.6 Å². The largest absolute Gasteiger partial charge is 0.486 e. The van der Waals surface area contributed by atoms with Gasteiger partial charge in [0.05, 0.1) is 35.3 Å². The lowest BCUT2D eigenvalue weighted by molar-refractivity contribution is -0.122. The number of aliphatic hydroxyl groups is 1. The molecule has 2 aliphatic heterocycles. The molecule has 1 fully saturated rings.